The largest absolute Gasteiger partial charge is 0.460 e. The van der Waals surface area contributed by atoms with Crippen molar-refractivity contribution in [2.24, 2.45) is 35.5 Å². The first kappa shape index (κ1) is 54.2. The van der Waals surface area contributed by atoms with Gasteiger partial charge in [-0.25, -0.2) is 13.6 Å². The normalized spacial score (nSPS) is 40.4. The molecule has 0 spiro atoms. The van der Waals surface area contributed by atoms with Crippen LogP contribution in [0, 0.1) is 35.5 Å². The van der Waals surface area contributed by atoms with Crippen LogP contribution in [0.2, 0.25) is 0 Å². The van der Waals surface area contributed by atoms with Gasteiger partial charge in [-0.3, -0.25) is 19.2 Å². The van der Waals surface area contributed by atoms with E-state index in [2.05, 4.69) is 0 Å². The Morgan fingerprint density at radius 3 is 2.28 bits per heavy atom. The van der Waals surface area contributed by atoms with E-state index >= 15 is 8.78 Å². The number of ketones is 3. The van der Waals surface area contributed by atoms with Gasteiger partial charge < -0.3 is 33.7 Å². The van der Waals surface area contributed by atoms with Crippen LogP contribution in [0.15, 0.2) is 47.6 Å². The van der Waals surface area contributed by atoms with Crippen LogP contribution in [-0.2, 0) is 47.7 Å². The van der Waals surface area contributed by atoms with Crippen molar-refractivity contribution in [3.8, 4) is 0 Å². The first-order chi connectivity index (χ1) is 30.7. The van der Waals surface area contributed by atoms with Gasteiger partial charge >= 0.3 is 5.97 Å². The molecule has 3 fully saturated rings. The first-order valence-electron chi connectivity index (χ1n) is 23.8. The maximum Gasteiger partial charge on any atom is 0.329 e. The second-order valence-electron chi connectivity index (χ2n) is 19.5. The number of methoxy groups -OCH3 is 3. The first-order valence-corrected chi connectivity index (χ1v) is 23.8. The van der Waals surface area contributed by atoms with Crippen LogP contribution < -0.4 is 0 Å². The number of carbonyl (C=O) groups excluding carboxylic acids is 5. The van der Waals surface area contributed by atoms with Crippen LogP contribution in [0.1, 0.15) is 126 Å². The Hall–Kier alpha value is -3.43. The molecule has 0 aromatic heterocycles. The molecule has 4 unspecified atom stereocenters. The number of alkyl halides is 2. The number of aliphatic hydroxyl groups is 1. The highest BCUT2D eigenvalue weighted by molar-refractivity contribution is 6.39. The van der Waals surface area contributed by atoms with E-state index in [0.29, 0.717) is 51.4 Å². The van der Waals surface area contributed by atoms with Gasteiger partial charge in [0.25, 0.3) is 17.5 Å². The number of piperidine rings is 1. The number of allylic oxidation sites excluding steroid dienone is 6. The Morgan fingerprint density at radius 1 is 0.877 bits per heavy atom. The zero-order valence-corrected chi connectivity index (χ0v) is 40.5. The molecule has 1 N–H and O–H groups in total. The van der Waals surface area contributed by atoms with Gasteiger partial charge in [-0.05, 0) is 107 Å². The summed E-state index contributed by atoms with van der Waals surface area (Å²) in [4.78, 5) is 71.3. The van der Waals surface area contributed by atoms with Crippen molar-refractivity contribution in [2.45, 2.75) is 180 Å². The van der Waals surface area contributed by atoms with Crippen molar-refractivity contribution < 1.29 is 61.5 Å². The molecule has 0 aromatic carbocycles. The minimum atomic E-state index is -2.94. The lowest BCUT2D eigenvalue weighted by Crippen LogP contribution is -2.59. The summed E-state index contributed by atoms with van der Waals surface area (Å²) in [5.41, 5.74) is 0.981. The summed E-state index contributed by atoms with van der Waals surface area (Å²) in [6.45, 7) is 12.2. The standard InChI is InChI=1S/C51H77F2NO11/c1-30-16-12-11-13-17-31(2)42(61-8)28-38-21-19-36(7)51(53,65-38)48(58)49(59)54-23-15-14-18-39(54)50(60)64-43(33(4)26-37-20-22-40(55)44(27-37)62-9)29-41(56)32(3)25-34(5)45(52)47(63-10)46(57)35(6)24-30/h11-13,16-17,25,30,32-33,35-40,42-45,47,55H,14-15,18-24,26-29H2,1-10H3/b13-11+,16-12+,31-17+,34-25+/t30-,32-,33-,35-,36-,37?,38+,39+,40-,42+,43?,44-,45?,47-,51?/m1/s1. The molecule has 3 aliphatic heterocycles. The lowest BCUT2D eigenvalue weighted by molar-refractivity contribution is -0.231. The van der Waals surface area contributed by atoms with E-state index in [9.17, 15) is 29.1 Å². The summed E-state index contributed by atoms with van der Waals surface area (Å²) >= 11 is 0. The van der Waals surface area contributed by atoms with Crippen molar-refractivity contribution >= 4 is 29.2 Å². The zero-order chi connectivity index (χ0) is 48.2. The number of halogens is 2. The summed E-state index contributed by atoms with van der Waals surface area (Å²) in [5.74, 6) is -9.64. The number of carbonyl (C=O) groups is 5. The molecule has 65 heavy (non-hydrogen) atoms. The Labute approximate surface area is 385 Å². The van der Waals surface area contributed by atoms with Crippen LogP contribution in [0.4, 0.5) is 8.78 Å². The lowest BCUT2D eigenvalue weighted by Gasteiger charge is -2.41. The van der Waals surface area contributed by atoms with Crippen molar-refractivity contribution in [1.29, 1.82) is 0 Å². The number of hydrogen-bond acceptors (Lipinski definition) is 11. The SMILES string of the molecule is CO[C@H]1C[C@@H]2CC[C@@H](C)C(F)(O2)C(=O)C(=O)N2CCCC[C@H]2C(=O)OC([C@H](C)CC2CC[C@@H](O)[C@H](OC)C2)CC(=O)[C@H](C)/C=C(\C)C(F)[C@@H](OC)C(=O)[C@H](C)C[C@H](C)/C=C/C=C/C=C/1C. The van der Waals surface area contributed by atoms with Gasteiger partial charge in [0.1, 0.15) is 17.9 Å². The van der Waals surface area contributed by atoms with E-state index in [0.717, 1.165) is 10.5 Å². The van der Waals surface area contributed by atoms with Gasteiger partial charge in [-0.2, -0.15) is 0 Å². The molecule has 12 nitrogen and oxygen atoms in total. The molecular formula is C51H77F2NO11. The van der Waals surface area contributed by atoms with Gasteiger partial charge in [-0.15, -0.1) is 0 Å². The molecule has 4 aliphatic rings. The number of esters is 1. The summed E-state index contributed by atoms with van der Waals surface area (Å²) in [6.07, 6.45) is 9.11. The van der Waals surface area contributed by atoms with Gasteiger partial charge in [0, 0.05) is 58.5 Å². The fraction of sp³-hybridized carbons (Fsp3) is 0.745. The molecule has 14 heteroatoms. The summed E-state index contributed by atoms with van der Waals surface area (Å²) in [5, 5.41) is 10.5. The number of aliphatic hydroxyl groups excluding tert-OH is 1. The molecule has 1 aliphatic carbocycles. The van der Waals surface area contributed by atoms with Crippen LogP contribution in [0.3, 0.4) is 0 Å². The Kier molecular flexibility index (Phi) is 20.9. The molecule has 1 saturated carbocycles. The molecule has 15 atom stereocenters. The van der Waals surface area contributed by atoms with E-state index < -0.39 is 84.0 Å². The number of amides is 1. The third-order valence-electron chi connectivity index (χ3n) is 14.4. The number of rotatable bonds is 6. The topological polar surface area (TPSA) is 155 Å². The Bertz CT molecular complexity index is 1760. The average Bonchev–Trinajstić information content (AvgIpc) is 3.28. The second kappa shape index (κ2) is 25.1. The monoisotopic (exact) mass is 918 g/mol. The highest BCUT2D eigenvalue weighted by Crippen LogP contribution is 2.40. The van der Waals surface area contributed by atoms with Crippen LogP contribution in [0.25, 0.3) is 0 Å². The number of ether oxygens (including phenoxy) is 5. The third-order valence-corrected chi connectivity index (χ3v) is 14.4. The second-order valence-corrected chi connectivity index (χ2v) is 19.5. The van der Waals surface area contributed by atoms with Gasteiger partial charge in [0.15, 0.2) is 18.1 Å². The molecule has 1 amide bonds. The van der Waals surface area contributed by atoms with Crippen LogP contribution in [-0.4, -0.2) is 122 Å². The van der Waals surface area contributed by atoms with E-state index in [-0.39, 0.29) is 73.2 Å². The van der Waals surface area contributed by atoms with Crippen molar-refractivity contribution in [3.63, 3.8) is 0 Å². The van der Waals surface area contributed by atoms with E-state index in [1.807, 2.05) is 51.2 Å². The Morgan fingerprint density at radius 2 is 1.60 bits per heavy atom. The summed E-state index contributed by atoms with van der Waals surface area (Å²) in [7, 11) is 4.38. The maximum atomic E-state index is 17.0. The number of cyclic esters (lactones) is 1. The van der Waals surface area contributed by atoms with Gasteiger partial charge in [-0.1, -0.05) is 71.1 Å². The average molecular weight is 918 g/mol. The summed E-state index contributed by atoms with van der Waals surface area (Å²) < 4.78 is 62.1. The fourth-order valence-corrected chi connectivity index (χ4v) is 10.1. The fourth-order valence-electron chi connectivity index (χ4n) is 10.1. The maximum absolute atomic E-state index is 17.0. The zero-order valence-electron chi connectivity index (χ0n) is 40.5. The third kappa shape index (κ3) is 14.3. The van der Waals surface area contributed by atoms with Gasteiger partial charge in [0.05, 0.1) is 24.4 Å². The highest BCUT2D eigenvalue weighted by Gasteiger charge is 2.55. The van der Waals surface area contributed by atoms with E-state index in [4.69, 9.17) is 23.7 Å². The molecule has 366 valence electrons. The van der Waals surface area contributed by atoms with E-state index in [1.165, 1.54) is 34.1 Å². The van der Waals surface area contributed by atoms with Crippen LogP contribution in [0.5, 0.6) is 0 Å². The predicted molar refractivity (Wildman–Crippen MR) is 243 cm³/mol. The smallest absolute Gasteiger partial charge is 0.329 e. The molecule has 0 aromatic rings. The molecule has 4 rings (SSSR count). The minimum absolute atomic E-state index is 0.0206. The molecule has 2 bridgehead atoms. The molecule has 3 heterocycles. The number of hydrogen-bond donors (Lipinski definition) is 1. The van der Waals surface area contributed by atoms with E-state index in [1.54, 1.807) is 21.0 Å². The quantitative estimate of drug-likeness (QED) is 0.156. The van der Waals surface area contributed by atoms with Crippen molar-refractivity contribution in [3.05, 3.63) is 47.6 Å². The Balaban J connectivity index is 1.70. The molecular weight excluding hydrogens is 841 g/mol. The highest BCUT2D eigenvalue weighted by atomic mass is 19.2. The summed E-state index contributed by atoms with van der Waals surface area (Å²) in [6, 6.07) is -1.21. The van der Waals surface area contributed by atoms with Crippen LogP contribution >= 0.6 is 0 Å². The lowest BCUT2D eigenvalue weighted by atomic mass is 9.78. The number of nitrogens with zero attached hydrogens (tertiary/aromatic N) is 1. The van der Waals surface area contributed by atoms with Gasteiger partial charge in [0.2, 0.25) is 0 Å². The molecule has 2 saturated heterocycles. The minimum Gasteiger partial charge on any atom is -0.460 e. The predicted octanol–water partition coefficient (Wildman–Crippen LogP) is 8.14. The number of Topliss-reactive ketones (excluding diaryl/α,β-unsaturated/α-hetero) is 3. The van der Waals surface area contributed by atoms with Crippen molar-refractivity contribution in [1.82, 2.24) is 4.90 Å². The molecule has 0 radical (unpaired) electrons. The van der Waals surface area contributed by atoms with Crippen molar-refractivity contribution in [2.75, 3.05) is 27.9 Å². The number of fused-ring (bicyclic) bond motifs is 3.